The van der Waals surface area contributed by atoms with Gasteiger partial charge in [-0.15, -0.1) is 0 Å². The Morgan fingerprint density at radius 2 is 1.72 bits per heavy atom. The molecule has 0 saturated heterocycles. The number of rotatable bonds is 7. The van der Waals surface area contributed by atoms with Crippen molar-refractivity contribution in [1.82, 2.24) is 10.2 Å². The van der Waals surface area contributed by atoms with E-state index in [1.807, 2.05) is 0 Å². The lowest BCUT2D eigenvalue weighted by Crippen LogP contribution is -2.38. The fraction of sp³-hybridized carbons (Fsp3) is 1.00. The molecule has 0 radical (unpaired) electrons. The molecule has 1 rings (SSSR count). The molecule has 0 bridgehead atoms. The van der Waals surface area contributed by atoms with Crippen molar-refractivity contribution in [3.8, 4) is 0 Å². The standard InChI is InChI=1S/C13H25F3N2/c1-12(2,3)17-8-4-5-9-18(11-6-7-11)10-13(14,15)16/h11,17H,4-10H2,1-3H3. The molecule has 0 aromatic carbocycles. The van der Waals surface area contributed by atoms with Crippen LogP contribution in [0.2, 0.25) is 0 Å². The molecule has 0 aromatic heterocycles. The second kappa shape index (κ2) is 6.24. The summed E-state index contributed by atoms with van der Waals surface area (Å²) in [7, 11) is 0. The average Bonchev–Trinajstić information content (AvgIpc) is 2.94. The van der Waals surface area contributed by atoms with Crippen LogP contribution < -0.4 is 5.32 Å². The lowest BCUT2D eigenvalue weighted by molar-refractivity contribution is -0.147. The van der Waals surface area contributed by atoms with Crippen molar-refractivity contribution in [1.29, 1.82) is 0 Å². The molecule has 1 N–H and O–H groups in total. The van der Waals surface area contributed by atoms with Gasteiger partial charge in [-0.25, -0.2) is 0 Å². The molecule has 0 spiro atoms. The Morgan fingerprint density at radius 3 is 2.17 bits per heavy atom. The third kappa shape index (κ3) is 7.93. The van der Waals surface area contributed by atoms with Crippen molar-refractivity contribution in [3.63, 3.8) is 0 Å². The van der Waals surface area contributed by atoms with E-state index in [9.17, 15) is 13.2 Å². The summed E-state index contributed by atoms with van der Waals surface area (Å²) in [6, 6.07) is 0.183. The fourth-order valence-electron chi connectivity index (χ4n) is 1.96. The number of hydrogen-bond acceptors (Lipinski definition) is 2. The van der Waals surface area contributed by atoms with E-state index in [4.69, 9.17) is 0 Å². The number of unbranched alkanes of at least 4 members (excludes halogenated alkanes) is 1. The normalized spacial score (nSPS) is 17.5. The van der Waals surface area contributed by atoms with E-state index >= 15 is 0 Å². The number of alkyl halides is 3. The molecule has 0 aromatic rings. The minimum absolute atomic E-state index is 0.0855. The first-order valence-electron chi connectivity index (χ1n) is 6.73. The van der Waals surface area contributed by atoms with Crippen molar-refractivity contribution in [3.05, 3.63) is 0 Å². The van der Waals surface area contributed by atoms with Gasteiger partial charge in [0.2, 0.25) is 0 Å². The molecule has 0 unspecified atom stereocenters. The molecule has 2 nitrogen and oxygen atoms in total. The van der Waals surface area contributed by atoms with Crippen LogP contribution in [0.5, 0.6) is 0 Å². The fourth-order valence-corrected chi connectivity index (χ4v) is 1.96. The highest BCUT2D eigenvalue weighted by atomic mass is 19.4. The second-order valence-corrected chi connectivity index (χ2v) is 6.20. The Balaban J connectivity index is 2.15. The zero-order valence-corrected chi connectivity index (χ0v) is 11.6. The average molecular weight is 266 g/mol. The second-order valence-electron chi connectivity index (χ2n) is 6.20. The van der Waals surface area contributed by atoms with Gasteiger partial charge in [0.15, 0.2) is 0 Å². The van der Waals surface area contributed by atoms with E-state index in [2.05, 4.69) is 26.1 Å². The van der Waals surface area contributed by atoms with Crippen LogP contribution in [0.25, 0.3) is 0 Å². The molecule has 0 aliphatic heterocycles. The molecule has 1 fully saturated rings. The lowest BCUT2D eigenvalue weighted by atomic mass is 10.1. The Kier molecular flexibility index (Phi) is 5.46. The molecule has 18 heavy (non-hydrogen) atoms. The van der Waals surface area contributed by atoms with Gasteiger partial charge in [0.05, 0.1) is 6.54 Å². The molecule has 1 aliphatic carbocycles. The van der Waals surface area contributed by atoms with Crippen LogP contribution in [0.15, 0.2) is 0 Å². The Morgan fingerprint density at radius 1 is 1.11 bits per heavy atom. The SMILES string of the molecule is CC(C)(C)NCCCCN(CC(F)(F)F)C1CC1. The minimum Gasteiger partial charge on any atom is -0.312 e. The van der Waals surface area contributed by atoms with Crippen LogP contribution in [-0.4, -0.2) is 42.3 Å². The van der Waals surface area contributed by atoms with Gasteiger partial charge in [-0.3, -0.25) is 4.90 Å². The Hall–Kier alpha value is -0.290. The highest BCUT2D eigenvalue weighted by molar-refractivity contribution is 4.85. The van der Waals surface area contributed by atoms with Gasteiger partial charge in [-0.1, -0.05) is 0 Å². The number of hydrogen-bond donors (Lipinski definition) is 1. The summed E-state index contributed by atoms with van der Waals surface area (Å²) in [5, 5.41) is 3.35. The highest BCUT2D eigenvalue weighted by Crippen LogP contribution is 2.30. The first kappa shape index (κ1) is 15.8. The molecule has 0 amide bonds. The summed E-state index contributed by atoms with van der Waals surface area (Å²) >= 11 is 0. The predicted molar refractivity (Wildman–Crippen MR) is 67.6 cm³/mol. The summed E-state index contributed by atoms with van der Waals surface area (Å²) in [6.45, 7) is 6.96. The molecule has 0 heterocycles. The van der Waals surface area contributed by atoms with Gasteiger partial charge in [0.25, 0.3) is 0 Å². The molecular weight excluding hydrogens is 241 g/mol. The maximum atomic E-state index is 12.4. The third-order valence-electron chi connectivity index (χ3n) is 2.97. The summed E-state index contributed by atoms with van der Waals surface area (Å²) in [6.07, 6.45) is -0.451. The van der Waals surface area contributed by atoms with Crippen molar-refractivity contribution in [2.75, 3.05) is 19.6 Å². The van der Waals surface area contributed by atoms with Crippen LogP contribution in [0.3, 0.4) is 0 Å². The molecular formula is C13H25F3N2. The first-order valence-corrected chi connectivity index (χ1v) is 6.73. The monoisotopic (exact) mass is 266 g/mol. The number of nitrogens with zero attached hydrogens (tertiary/aromatic N) is 1. The van der Waals surface area contributed by atoms with E-state index < -0.39 is 12.7 Å². The van der Waals surface area contributed by atoms with Crippen molar-refractivity contribution >= 4 is 0 Å². The van der Waals surface area contributed by atoms with E-state index in [0.29, 0.717) is 6.54 Å². The third-order valence-corrected chi connectivity index (χ3v) is 2.97. The van der Waals surface area contributed by atoms with Crippen molar-refractivity contribution < 1.29 is 13.2 Å². The maximum absolute atomic E-state index is 12.4. The number of nitrogens with one attached hydrogen (secondary N) is 1. The van der Waals surface area contributed by atoms with Gasteiger partial charge >= 0.3 is 6.18 Å². The molecule has 0 atom stereocenters. The van der Waals surface area contributed by atoms with Crippen LogP contribution >= 0.6 is 0 Å². The van der Waals surface area contributed by atoms with E-state index in [1.54, 1.807) is 4.90 Å². The quantitative estimate of drug-likeness (QED) is 0.712. The van der Waals surface area contributed by atoms with Gasteiger partial charge < -0.3 is 5.32 Å². The van der Waals surface area contributed by atoms with Gasteiger partial charge in [0.1, 0.15) is 0 Å². The van der Waals surface area contributed by atoms with E-state index in [-0.39, 0.29) is 11.6 Å². The maximum Gasteiger partial charge on any atom is 0.401 e. The summed E-state index contributed by atoms with van der Waals surface area (Å²) in [5.74, 6) is 0. The Bertz CT molecular complexity index is 242. The zero-order chi connectivity index (χ0) is 13.8. The molecule has 5 heteroatoms. The molecule has 108 valence electrons. The van der Waals surface area contributed by atoms with Gasteiger partial charge in [-0.2, -0.15) is 13.2 Å². The Labute approximate surface area is 108 Å². The highest BCUT2D eigenvalue weighted by Gasteiger charge is 2.37. The predicted octanol–water partition coefficient (Wildman–Crippen LogP) is 3.18. The summed E-state index contributed by atoms with van der Waals surface area (Å²) in [4.78, 5) is 1.59. The summed E-state index contributed by atoms with van der Waals surface area (Å²) < 4.78 is 37.1. The topological polar surface area (TPSA) is 15.3 Å². The number of halogens is 3. The van der Waals surface area contributed by atoms with E-state index in [0.717, 1.165) is 32.2 Å². The van der Waals surface area contributed by atoms with Crippen LogP contribution in [0, 0.1) is 0 Å². The smallest absolute Gasteiger partial charge is 0.312 e. The van der Waals surface area contributed by atoms with Crippen LogP contribution in [0.1, 0.15) is 46.5 Å². The molecule has 1 saturated carbocycles. The first-order chi connectivity index (χ1) is 8.17. The van der Waals surface area contributed by atoms with Crippen LogP contribution in [0.4, 0.5) is 13.2 Å². The summed E-state index contributed by atoms with van der Waals surface area (Å²) in [5.41, 5.74) is 0.0855. The molecule has 1 aliphatic rings. The van der Waals surface area contributed by atoms with Crippen LogP contribution in [-0.2, 0) is 0 Å². The van der Waals surface area contributed by atoms with Gasteiger partial charge in [-0.05, 0) is 59.5 Å². The minimum atomic E-state index is -4.06. The van der Waals surface area contributed by atoms with Crippen molar-refractivity contribution in [2.24, 2.45) is 0 Å². The van der Waals surface area contributed by atoms with Gasteiger partial charge in [0, 0.05) is 11.6 Å². The largest absolute Gasteiger partial charge is 0.401 e. The zero-order valence-electron chi connectivity index (χ0n) is 11.6. The van der Waals surface area contributed by atoms with Crippen molar-refractivity contribution in [2.45, 2.75) is 64.2 Å². The lowest BCUT2D eigenvalue weighted by Gasteiger charge is -2.24. The van der Waals surface area contributed by atoms with E-state index in [1.165, 1.54) is 0 Å².